The van der Waals surface area contributed by atoms with Gasteiger partial charge in [0.05, 0.1) is 6.61 Å². The normalized spacial score (nSPS) is 11.9. The van der Waals surface area contributed by atoms with Crippen LogP contribution in [-0.2, 0) is 9.53 Å². The molecule has 116 valence electrons. The van der Waals surface area contributed by atoms with E-state index in [4.69, 9.17) is 4.74 Å². The third kappa shape index (κ3) is 5.38. The van der Waals surface area contributed by atoms with Crippen LogP contribution in [0.3, 0.4) is 0 Å². The van der Waals surface area contributed by atoms with Gasteiger partial charge >= 0.3 is 6.09 Å². The molecule has 0 fully saturated rings. The molecule has 1 aromatic rings. The van der Waals surface area contributed by atoms with Gasteiger partial charge in [0.15, 0.2) is 0 Å². The van der Waals surface area contributed by atoms with Crippen molar-refractivity contribution in [3.05, 3.63) is 28.2 Å². The third-order valence-corrected chi connectivity index (χ3v) is 3.81. The van der Waals surface area contributed by atoms with Crippen molar-refractivity contribution in [2.24, 2.45) is 5.92 Å². The molecule has 1 atom stereocenters. The van der Waals surface area contributed by atoms with Gasteiger partial charge in [-0.05, 0) is 43.5 Å². The molecule has 5 nitrogen and oxygen atoms in total. The van der Waals surface area contributed by atoms with Crippen LogP contribution in [0.5, 0.6) is 0 Å². The summed E-state index contributed by atoms with van der Waals surface area (Å²) in [6.07, 6.45) is -0.585. The summed E-state index contributed by atoms with van der Waals surface area (Å²) in [7, 11) is 0. The molecular weight excluding hydrogens is 336 g/mol. The molecule has 0 aliphatic rings. The van der Waals surface area contributed by atoms with E-state index in [-0.39, 0.29) is 18.4 Å². The van der Waals surface area contributed by atoms with E-state index in [0.717, 1.165) is 10.0 Å². The van der Waals surface area contributed by atoms with Crippen molar-refractivity contribution in [1.82, 2.24) is 5.32 Å². The number of rotatable bonds is 5. The van der Waals surface area contributed by atoms with E-state index in [1.165, 1.54) is 0 Å². The number of benzene rings is 1. The number of carbonyl (C=O) groups is 2. The van der Waals surface area contributed by atoms with Crippen LogP contribution in [0.4, 0.5) is 10.5 Å². The molecule has 0 bridgehead atoms. The molecule has 0 spiro atoms. The molecule has 2 amide bonds. The zero-order valence-electron chi connectivity index (χ0n) is 12.7. The number of ether oxygens (including phenoxy) is 1. The standard InChI is InChI=1S/C15H21BrN2O3/c1-5-21-15(20)18-13(9(2)3)14(19)17-11-6-7-12(16)10(4)8-11/h6-9,13H,5H2,1-4H3,(H,17,19)(H,18,20)/t13-/m0/s1. The number of nitrogens with one attached hydrogen (secondary N) is 2. The zero-order chi connectivity index (χ0) is 16.0. The third-order valence-electron chi connectivity index (χ3n) is 2.92. The molecule has 1 rings (SSSR count). The fraction of sp³-hybridized carbons (Fsp3) is 0.467. The van der Waals surface area contributed by atoms with Gasteiger partial charge in [-0.2, -0.15) is 0 Å². The maximum absolute atomic E-state index is 12.3. The zero-order valence-corrected chi connectivity index (χ0v) is 14.3. The van der Waals surface area contributed by atoms with Crippen molar-refractivity contribution in [3.63, 3.8) is 0 Å². The van der Waals surface area contributed by atoms with Gasteiger partial charge in [-0.3, -0.25) is 4.79 Å². The molecule has 0 unspecified atom stereocenters. The van der Waals surface area contributed by atoms with Crippen molar-refractivity contribution >= 4 is 33.6 Å². The van der Waals surface area contributed by atoms with Crippen molar-refractivity contribution < 1.29 is 14.3 Å². The molecule has 0 radical (unpaired) electrons. The van der Waals surface area contributed by atoms with Crippen LogP contribution in [0.1, 0.15) is 26.3 Å². The molecule has 0 saturated heterocycles. The number of halogens is 1. The van der Waals surface area contributed by atoms with Gasteiger partial charge in [0.1, 0.15) is 6.04 Å². The SMILES string of the molecule is CCOC(=O)N[C@H](C(=O)Nc1ccc(Br)c(C)c1)C(C)C. The van der Waals surface area contributed by atoms with Gasteiger partial charge in [0, 0.05) is 10.2 Å². The Balaban J connectivity index is 2.76. The summed E-state index contributed by atoms with van der Waals surface area (Å²) in [5.74, 6) is -0.314. The Morgan fingerprint density at radius 3 is 2.52 bits per heavy atom. The first kappa shape index (κ1) is 17.5. The van der Waals surface area contributed by atoms with Gasteiger partial charge in [-0.25, -0.2) is 4.79 Å². The van der Waals surface area contributed by atoms with Gasteiger partial charge in [-0.15, -0.1) is 0 Å². The van der Waals surface area contributed by atoms with E-state index < -0.39 is 12.1 Å². The summed E-state index contributed by atoms with van der Waals surface area (Å²) in [4.78, 5) is 23.8. The highest BCUT2D eigenvalue weighted by molar-refractivity contribution is 9.10. The topological polar surface area (TPSA) is 67.4 Å². The highest BCUT2D eigenvalue weighted by Crippen LogP contribution is 2.20. The maximum Gasteiger partial charge on any atom is 0.407 e. The monoisotopic (exact) mass is 356 g/mol. The van der Waals surface area contributed by atoms with Gasteiger partial charge < -0.3 is 15.4 Å². The van der Waals surface area contributed by atoms with Crippen LogP contribution in [0.15, 0.2) is 22.7 Å². The molecule has 0 aromatic heterocycles. The fourth-order valence-corrected chi connectivity index (χ4v) is 2.02. The molecule has 0 aliphatic heterocycles. The van der Waals surface area contributed by atoms with E-state index in [0.29, 0.717) is 5.69 Å². The van der Waals surface area contributed by atoms with Gasteiger partial charge in [-0.1, -0.05) is 29.8 Å². The highest BCUT2D eigenvalue weighted by Gasteiger charge is 2.24. The lowest BCUT2D eigenvalue weighted by Gasteiger charge is -2.21. The molecule has 2 N–H and O–H groups in total. The molecule has 0 heterocycles. The number of aryl methyl sites for hydroxylation is 1. The maximum atomic E-state index is 12.3. The first-order valence-corrected chi connectivity index (χ1v) is 7.64. The number of anilines is 1. The molecule has 6 heteroatoms. The highest BCUT2D eigenvalue weighted by atomic mass is 79.9. The molecule has 21 heavy (non-hydrogen) atoms. The summed E-state index contributed by atoms with van der Waals surface area (Å²) in [5, 5.41) is 5.39. The summed E-state index contributed by atoms with van der Waals surface area (Å²) in [6.45, 7) is 7.65. The molecule has 1 aromatic carbocycles. The lowest BCUT2D eigenvalue weighted by molar-refractivity contribution is -0.119. The minimum Gasteiger partial charge on any atom is -0.450 e. The number of hydrogen-bond acceptors (Lipinski definition) is 3. The predicted octanol–water partition coefficient (Wildman–Crippen LogP) is 3.47. The van der Waals surface area contributed by atoms with Crippen molar-refractivity contribution in [3.8, 4) is 0 Å². The second kappa shape index (κ2) is 8.02. The lowest BCUT2D eigenvalue weighted by atomic mass is 10.0. The van der Waals surface area contributed by atoms with Crippen molar-refractivity contribution in [2.45, 2.75) is 33.7 Å². The number of alkyl carbamates (subject to hydrolysis) is 1. The Kier molecular flexibility index (Phi) is 6.68. The average molecular weight is 357 g/mol. The lowest BCUT2D eigenvalue weighted by Crippen LogP contribution is -2.47. The Labute approximate surface area is 133 Å². The predicted molar refractivity (Wildman–Crippen MR) is 86.3 cm³/mol. The minimum atomic E-state index is -0.645. The van der Waals surface area contributed by atoms with Gasteiger partial charge in [0.2, 0.25) is 5.91 Å². The summed E-state index contributed by atoms with van der Waals surface area (Å²) in [6, 6.07) is 4.89. The summed E-state index contributed by atoms with van der Waals surface area (Å²) < 4.78 is 5.80. The van der Waals surface area contributed by atoms with E-state index in [2.05, 4.69) is 26.6 Å². The Morgan fingerprint density at radius 1 is 1.33 bits per heavy atom. The van der Waals surface area contributed by atoms with Crippen LogP contribution >= 0.6 is 15.9 Å². The summed E-state index contributed by atoms with van der Waals surface area (Å²) >= 11 is 3.41. The molecule has 0 saturated carbocycles. The van der Waals surface area contributed by atoms with E-state index in [1.54, 1.807) is 13.0 Å². The van der Waals surface area contributed by atoms with Crippen LogP contribution in [-0.4, -0.2) is 24.6 Å². The fourth-order valence-electron chi connectivity index (χ4n) is 1.78. The van der Waals surface area contributed by atoms with Crippen LogP contribution in [0.25, 0.3) is 0 Å². The summed E-state index contributed by atoms with van der Waals surface area (Å²) in [5.41, 5.74) is 1.71. The number of amides is 2. The van der Waals surface area contributed by atoms with Crippen molar-refractivity contribution in [2.75, 3.05) is 11.9 Å². The van der Waals surface area contributed by atoms with Crippen LogP contribution in [0, 0.1) is 12.8 Å². The molecular formula is C15H21BrN2O3. The quantitative estimate of drug-likeness (QED) is 0.848. The average Bonchev–Trinajstić information content (AvgIpc) is 2.40. The Hall–Kier alpha value is -1.56. The second-order valence-corrected chi connectivity index (χ2v) is 5.89. The van der Waals surface area contributed by atoms with E-state index in [1.807, 2.05) is 32.9 Å². The van der Waals surface area contributed by atoms with E-state index >= 15 is 0 Å². The Morgan fingerprint density at radius 2 is 2.00 bits per heavy atom. The largest absolute Gasteiger partial charge is 0.450 e. The number of hydrogen-bond donors (Lipinski definition) is 2. The van der Waals surface area contributed by atoms with Crippen LogP contribution < -0.4 is 10.6 Å². The second-order valence-electron chi connectivity index (χ2n) is 5.04. The first-order valence-electron chi connectivity index (χ1n) is 6.85. The Bertz CT molecular complexity index is 518. The first-order chi connectivity index (χ1) is 9.85. The number of carbonyl (C=O) groups excluding carboxylic acids is 2. The van der Waals surface area contributed by atoms with Crippen LogP contribution in [0.2, 0.25) is 0 Å². The minimum absolute atomic E-state index is 0.0500. The van der Waals surface area contributed by atoms with Crippen molar-refractivity contribution in [1.29, 1.82) is 0 Å². The molecule has 0 aliphatic carbocycles. The smallest absolute Gasteiger partial charge is 0.407 e. The van der Waals surface area contributed by atoms with E-state index in [9.17, 15) is 9.59 Å². The van der Waals surface area contributed by atoms with Gasteiger partial charge in [0.25, 0.3) is 0 Å².